The zero-order valence-electron chi connectivity index (χ0n) is 14.5. The molecule has 1 heterocycles. The Labute approximate surface area is 149 Å². The third-order valence-electron chi connectivity index (χ3n) is 5.38. The maximum atomic E-state index is 2.57. The van der Waals surface area contributed by atoms with Gasteiger partial charge in [0.05, 0.1) is 0 Å². The third-order valence-corrected chi connectivity index (χ3v) is 6.97. The first kappa shape index (κ1) is 15.8. The van der Waals surface area contributed by atoms with Crippen LogP contribution in [0.3, 0.4) is 0 Å². The fourth-order valence-electron chi connectivity index (χ4n) is 4.11. The molecule has 0 radical (unpaired) electrons. The van der Waals surface area contributed by atoms with Crippen LogP contribution >= 0.6 is 11.8 Å². The lowest BCUT2D eigenvalue weighted by Crippen LogP contribution is -2.21. The van der Waals surface area contributed by atoms with Gasteiger partial charge in [-0.25, -0.2) is 0 Å². The van der Waals surface area contributed by atoms with Crippen LogP contribution in [-0.4, -0.2) is 0 Å². The van der Waals surface area contributed by atoms with Gasteiger partial charge in [0.15, 0.2) is 0 Å². The van der Waals surface area contributed by atoms with Gasteiger partial charge in [0.2, 0.25) is 0 Å². The fraction of sp³-hybridized carbons (Fsp3) is 0.364. The van der Waals surface area contributed by atoms with Crippen LogP contribution in [0.2, 0.25) is 0 Å². The van der Waals surface area contributed by atoms with Crippen molar-refractivity contribution < 1.29 is 0 Å². The molecule has 2 aromatic rings. The molecule has 124 valence electrons. The number of aryl methyl sites for hydroxylation is 1. The molecule has 0 amide bonds. The molecule has 1 aliphatic heterocycles. The molecular formula is C22H25NS. The van der Waals surface area contributed by atoms with Crippen LogP contribution in [0.15, 0.2) is 65.2 Å². The van der Waals surface area contributed by atoms with E-state index in [0.29, 0.717) is 5.37 Å². The van der Waals surface area contributed by atoms with E-state index < -0.39 is 0 Å². The van der Waals surface area contributed by atoms with E-state index in [1.165, 1.54) is 48.2 Å². The molecule has 1 unspecified atom stereocenters. The standard InChI is InChI=1S/C22H25NS/c1-16-10-6-9-15-20(16)23-17(2)21(18-11-7-8-12-18)24-22(23)19-13-4-3-5-14-19/h3-6,9-10,13-15,18,22H,7-8,11-12H2,1-2H3. The number of hydrogen-bond acceptors (Lipinski definition) is 2. The molecule has 1 saturated carbocycles. The minimum atomic E-state index is 0.364. The number of thioether (sulfide) groups is 1. The van der Waals surface area contributed by atoms with Crippen molar-refractivity contribution in [2.45, 2.75) is 44.9 Å². The number of nitrogens with zero attached hydrogens (tertiary/aromatic N) is 1. The van der Waals surface area contributed by atoms with E-state index in [1.807, 2.05) is 0 Å². The van der Waals surface area contributed by atoms with Gasteiger partial charge in [-0.1, -0.05) is 73.1 Å². The van der Waals surface area contributed by atoms with Crippen molar-refractivity contribution in [3.8, 4) is 0 Å². The molecule has 1 fully saturated rings. The molecule has 1 nitrogen and oxygen atoms in total. The molecule has 0 saturated heterocycles. The minimum Gasteiger partial charge on any atom is -0.327 e. The summed E-state index contributed by atoms with van der Waals surface area (Å²) in [6.45, 7) is 4.55. The van der Waals surface area contributed by atoms with Crippen molar-refractivity contribution in [2.24, 2.45) is 5.92 Å². The maximum Gasteiger partial charge on any atom is 0.109 e. The fourth-order valence-corrected chi connectivity index (χ4v) is 5.72. The SMILES string of the molecule is CC1=C(C2CCCC2)SC(c2ccccc2)N1c1ccccc1C. The first-order chi connectivity index (χ1) is 11.8. The predicted octanol–water partition coefficient (Wildman–Crippen LogP) is 6.67. The molecule has 0 spiro atoms. The van der Waals surface area contributed by atoms with Crippen molar-refractivity contribution in [3.63, 3.8) is 0 Å². The molecule has 2 aliphatic rings. The first-order valence-corrected chi connectivity index (χ1v) is 9.91. The Hall–Kier alpha value is -1.67. The van der Waals surface area contributed by atoms with Crippen LogP contribution in [0.5, 0.6) is 0 Å². The summed E-state index contributed by atoms with van der Waals surface area (Å²) in [6, 6.07) is 19.8. The number of hydrogen-bond donors (Lipinski definition) is 0. The molecular weight excluding hydrogens is 310 g/mol. The van der Waals surface area contributed by atoms with Gasteiger partial charge in [-0.2, -0.15) is 0 Å². The summed E-state index contributed by atoms with van der Waals surface area (Å²) >= 11 is 2.09. The van der Waals surface area contributed by atoms with Crippen molar-refractivity contribution in [2.75, 3.05) is 4.90 Å². The summed E-state index contributed by atoms with van der Waals surface area (Å²) in [5, 5.41) is 0.364. The second kappa shape index (κ2) is 6.68. The van der Waals surface area contributed by atoms with Crippen molar-refractivity contribution >= 4 is 17.4 Å². The molecule has 0 aromatic heterocycles. The van der Waals surface area contributed by atoms with E-state index in [4.69, 9.17) is 0 Å². The van der Waals surface area contributed by atoms with E-state index in [2.05, 4.69) is 85.1 Å². The number of rotatable bonds is 3. The average Bonchev–Trinajstić information content (AvgIpc) is 3.24. The number of benzene rings is 2. The molecule has 1 atom stereocenters. The second-order valence-electron chi connectivity index (χ2n) is 6.97. The van der Waals surface area contributed by atoms with Gasteiger partial charge in [-0.05, 0) is 49.8 Å². The van der Waals surface area contributed by atoms with Crippen LogP contribution in [0.1, 0.15) is 49.1 Å². The molecule has 0 N–H and O–H groups in total. The lowest BCUT2D eigenvalue weighted by atomic mass is 10.1. The van der Waals surface area contributed by atoms with Crippen molar-refractivity contribution in [1.29, 1.82) is 0 Å². The highest BCUT2D eigenvalue weighted by Gasteiger charge is 2.36. The van der Waals surface area contributed by atoms with Gasteiger partial charge >= 0.3 is 0 Å². The van der Waals surface area contributed by atoms with Gasteiger partial charge in [0.25, 0.3) is 0 Å². The molecule has 2 aromatic carbocycles. The van der Waals surface area contributed by atoms with Gasteiger partial charge in [-0.3, -0.25) is 0 Å². The summed E-state index contributed by atoms with van der Waals surface area (Å²) < 4.78 is 0. The smallest absolute Gasteiger partial charge is 0.109 e. The number of allylic oxidation sites excluding steroid dienone is 2. The second-order valence-corrected chi connectivity index (χ2v) is 8.09. The van der Waals surface area contributed by atoms with E-state index >= 15 is 0 Å². The topological polar surface area (TPSA) is 3.24 Å². The van der Waals surface area contributed by atoms with E-state index in [9.17, 15) is 0 Å². The van der Waals surface area contributed by atoms with Crippen LogP contribution in [0, 0.1) is 12.8 Å². The highest BCUT2D eigenvalue weighted by atomic mass is 32.2. The Morgan fingerprint density at radius 2 is 1.54 bits per heavy atom. The average molecular weight is 336 g/mol. The zero-order chi connectivity index (χ0) is 16.5. The molecule has 4 rings (SSSR count). The van der Waals surface area contributed by atoms with Crippen LogP contribution < -0.4 is 4.90 Å². The quantitative estimate of drug-likeness (QED) is 0.616. The van der Waals surface area contributed by atoms with Crippen LogP contribution in [0.25, 0.3) is 0 Å². The zero-order valence-corrected chi connectivity index (χ0v) is 15.4. The van der Waals surface area contributed by atoms with Crippen LogP contribution in [-0.2, 0) is 0 Å². The predicted molar refractivity (Wildman–Crippen MR) is 105 cm³/mol. The molecule has 2 heteroatoms. The van der Waals surface area contributed by atoms with E-state index in [1.54, 1.807) is 4.91 Å². The summed E-state index contributed by atoms with van der Waals surface area (Å²) in [4.78, 5) is 4.20. The van der Waals surface area contributed by atoms with E-state index in [0.717, 1.165) is 5.92 Å². The largest absolute Gasteiger partial charge is 0.327 e. The van der Waals surface area contributed by atoms with Crippen LogP contribution in [0.4, 0.5) is 5.69 Å². The lowest BCUT2D eigenvalue weighted by molar-refractivity contribution is 0.669. The summed E-state index contributed by atoms with van der Waals surface area (Å²) in [6.07, 6.45) is 5.51. The Kier molecular flexibility index (Phi) is 4.41. The Balaban J connectivity index is 1.78. The summed E-state index contributed by atoms with van der Waals surface area (Å²) in [5.41, 5.74) is 5.57. The van der Waals surface area contributed by atoms with Gasteiger partial charge < -0.3 is 4.90 Å². The Morgan fingerprint density at radius 1 is 0.875 bits per heavy atom. The van der Waals surface area contributed by atoms with Gasteiger partial charge in [0.1, 0.15) is 5.37 Å². The minimum absolute atomic E-state index is 0.364. The highest BCUT2D eigenvalue weighted by molar-refractivity contribution is 8.03. The third kappa shape index (κ3) is 2.77. The van der Waals surface area contributed by atoms with E-state index in [-0.39, 0.29) is 0 Å². The van der Waals surface area contributed by atoms with Crippen molar-refractivity contribution in [1.82, 2.24) is 0 Å². The Bertz CT molecular complexity index is 744. The lowest BCUT2D eigenvalue weighted by Gasteiger charge is -2.29. The highest BCUT2D eigenvalue weighted by Crippen LogP contribution is 2.54. The molecule has 1 aliphatic carbocycles. The van der Waals surface area contributed by atoms with Gasteiger partial charge in [-0.15, -0.1) is 0 Å². The number of para-hydroxylation sites is 1. The Morgan fingerprint density at radius 3 is 2.25 bits per heavy atom. The monoisotopic (exact) mass is 335 g/mol. The van der Waals surface area contributed by atoms with Gasteiger partial charge in [0, 0.05) is 16.3 Å². The summed E-state index contributed by atoms with van der Waals surface area (Å²) in [5.74, 6) is 0.773. The molecule has 0 bridgehead atoms. The maximum absolute atomic E-state index is 2.57. The van der Waals surface area contributed by atoms with Crippen molar-refractivity contribution in [3.05, 3.63) is 76.3 Å². The number of anilines is 1. The summed E-state index contributed by atoms with van der Waals surface area (Å²) in [7, 11) is 0. The normalized spacial score (nSPS) is 21.8. The first-order valence-electron chi connectivity index (χ1n) is 9.03. The molecule has 24 heavy (non-hydrogen) atoms.